The van der Waals surface area contributed by atoms with E-state index in [-0.39, 0.29) is 34.8 Å². The molecular formula is C21H34IN3O. The minimum Gasteiger partial charge on any atom is -0.377 e. The van der Waals surface area contributed by atoms with Crippen molar-refractivity contribution in [3.05, 3.63) is 35.4 Å². The summed E-state index contributed by atoms with van der Waals surface area (Å²) in [5.41, 5.74) is 2.99. The summed E-state index contributed by atoms with van der Waals surface area (Å²) in [6.07, 6.45) is 1.55. The first kappa shape index (κ1) is 21.5. The molecule has 0 amide bonds. The van der Waals surface area contributed by atoms with Crippen molar-refractivity contribution < 1.29 is 4.74 Å². The lowest BCUT2D eigenvalue weighted by Crippen LogP contribution is -2.67. The molecule has 1 saturated carbocycles. The van der Waals surface area contributed by atoms with Crippen LogP contribution in [0.15, 0.2) is 29.3 Å². The molecule has 1 saturated heterocycles. The van der Waals surface area contributed by atoms with Crippen LogP contribution in [0.1, 0.15) is 52.2 Å². The summed E-state index contributed by atoms with van der Waals surface area (Å²) in [5.74, 6) is 1.49. The van der Waals surface area contributed by atoms with Crippen LogP contribution in [0.5, 0.6) is 0 Å². The fourth-order valence-electron chi connectivity index (χ4n) is 4.27. The van der Waals surface area contributed by atoms with E-state index < -0.39 is 0 Å². The van der Waals surface area contributed by atoms with Crippen molar-refractivity contribution in [3.8, 4) is 0 Å². The molecule has 0 bridgehead atoms. The molecule has 3 rings (SSSR count). The van der Waals surface area contributed by atoms with Gasteiger partial charge in [0.1, 0.15) is 0 Å². The fraction of sp³-hybridized carbons (Fsp3) is 0.667. The molecule has 1 heterocycles. The van der Waals surface area contributed by atoms with E-state index in [2.05, 4.69) is 74.5 Å². The first-order valence-electron chi connectivity index (χ1n) is 9.41. The van der Waals surface area contributed by atoms with Crippen LogP contribution in [0.25, 0.3) is 0 Å². The van der Waals surface area contributed by atoms with Gasteiger partial charge in [0.05, 0.1) is 6.10 Å². The summed E-state index contributed by atoms with van der Waals surface area (Å²) in [6.45, 7) is 13.0. The van der Waals surface area contributed by atoms with Crippen LogP contribution < -0.4 is 10.6 Å². The number of nitrogens with one attached hydrogen (secondary N) is 2. The van der Waals surface area contributed by atoms with Crippen molar-refractivity contribution in [2.45, 2.75) is 65.1 Å². The summed E-state index contributed by atoms with van der Waals surface area (Å²) >= 11 is 0. The Bertz CT molecular complexity index is 634. The number of hydrogen-bond acceptors (Lipinski definition) is 2. The number of fused-ring (bicyclic) bond motifs is 1. The number of hydrogen-bond donors (Lipinski definition) is 2. The molecule has 2 fully saturated rings. The highest BCUT2D eigenvalue weighted by Gasteiger charge is 2.59. The minimum atomic E-state index is 0. The van der Waals surface area contributed by atoms with Crippen LogP contribution in [0.2, 0.25) is 0 Å². The van der Waals surface area contributed by atoms with Crippen molar-refractivity contribution in [1.82, 2.24) is 10.6 Å². The monoisotopic (exact) mass is 471 g/mol. The first-order valence-corrected chi connectivity index (χ1v) is 9.41. The van der Waals surface area contributed by atoms with Gasteiger partial charge < -0.3 is 15.4 Å². The maximum absolute atomic E-state index is 5.88. The summed E-state index contributed by atoms with van der Waals surface area (Å²) in [7, 11) is 1.84. The zero-order chi connectivity index (χ0) is 18.2. The van der Waals surface area contributed by atoms with Crippen LogP contribution in [0.4, 0.5) is 0 Å². The molecule has 0 radical (unpaired) electrons. The number of benzene rings is 1. The predicted octanol–water partition coefficient (Wildman–Crippen LogP) is 4.08. The Balaban J connectivity index is 0.00000243. The molecule has 2 N–H and O–H groups in total. The van der Waals surface area contributed by atoms with Gasteiger partial charge in [-0.05, 0) is 23.0 Å². The molecule has 4 nitrogen and oxygen atoms in total. The highest BCUT2D eigenvalue weighted by atomic mass is 127. The molecule has 2 aliphatic rings. The van der Waals surface area contributed by atoms with Crippen LogP contribution in [-0.4, -0.2) is 31.8 Å². The molecule has 1 aliphatic carbocycles. The van der Waals surface area contributed by atoms with Gasteiger partial charge in [0.15, 0.2) is 5.96 Å². The van der Waals surface area contributed by atoms with Gasteiger partial charge >= 0.3 is 0 Å². The average Bonchev–Trinajstić information content (AvgIpc) is 3.01. The van der Waals surface area contributed by atoms with Gasteiger partial charge in [0, 0.05) is 37.6 Å². The second kappa shape index (κ2) is 8.05. The fourth-order valence-corrected chi connectivity index (χ4v) is 4.27. The second-order valence-electron chi connectivity index (χ2n) is 9.06. The van der Waals surface area contributed by atoms with Gasteiger partial charge in [0.25, 0.3) is 0 Å². The maximum atomic E-state index is 5.88. The molecule has 0 spiro atoms. The summed E-state index contributed by atoms with van der Waals surface area (Å²) in [5, 5.41) is 7.09. The zero-order valence-electron chi connectivity index (χ0n) is 16.9. The number of rotatable bonds is 3. The Morgan fingerprint density at radius 1 is 1.23 bits per heavy atom. The molecule has 26 heavy (non-hydrogen) atoms. The highest BCUT2D eigenvalue weighted by Crippen LogP contribution is 2.52. The molecule has 0 aromatic heterocycles. The van der Waals surface area contributed by atoms with Gasteiger partial charge in [-0.25, -0.2) is 0 Å². The SMILES string of the molecule is CN=C(NCc1ccc(C(C)(C)C)cc1)NC1C2CCOC2C1(C)C.I. The Morgan fingerprint density at radius 2 is 1.88 bits per heavy atom. The smallest absolute Gasteiger partial charge is 0.191 e. The predicted molar refractivity (Wildman–Crippen MR) is 119 cm³/mol. The van der Waals surface area contributed by atoms with E-state index in [0.717, 1.165) is 25.5 Å². The normalized spacial score (nSPS) is 27.2. The molecule has 3 unspecified atom stereocenters. The van der Waals surface area contributed by atoms with Crippen LogP contribution in [-0.2, 0) is 16.7 Å². The third-order valence-corrected chi connectivity index (χ3v) is 5.90. The van der Waals surface area contributed by atoms with Crippen molar-refractivity contribution in [3.63, 3.8) is 0 Å². The lowest BCUT2D eigenvalue weighted by atomic mass is 9.57. The number of aliphatic imine (C=N–C) groups is 1. The molecule has 146 valence electrons. The lowest BCUT2D eigenvalue weighted by Gasteiger charge is -2.54. The Hall–Kier alpha value is -0.820. The molecule has 3 atom stereocenters. The first-order chi connectivity index (χ1) is 11.7. The number of nitrogens with zero attached hydrogens (tertiary/aromatic N) is 1. The average molecular weight is 471 g/mol. The van der Waals surface area contributed by atoms with Crippen molar-refractivity contribution in [1.29, 1.82) is 0 Å². The molecule has 1 aromatic rings. The van der Waals surface area contributed by atoms with Crippen LogP contribution >= 0.6 is 24.0 Å². The van der Waals surface area contributed by atoms with E-state index in [0.29, 0.717) is 18.1 Å². The molecule has 1 aromatic carbocycles. The number of guanidine groups is 1. The van der Waals surface area contributed by atoms with E-state index in [9.17, 15) is 0 Å². The van der Waals surface area contributed by atoms with Gasteiger partial charge in [-0.15, -0.1) is 24.0 Å². The number of halogens is 1. The van der Waals surface area contributed by atoms with E-state index in [1.165, 1.54) is 11.1 Å². The quantitative estimate of drug-likeness (QED) is 0.397. The van der Waals surface area contributed by atoms with E-state index in [1.807, 2.05) is 7.05 Å². The van der Waals surface area contributed by atoms with Gasteiger partial charge in [0.2, 0.25) is 0 Å². The summed E-state index contributed by atoms with van der Waals surface area (Å²) < 4.78 is 5.88. The Labute approximate surface area is 175 Å². The summed E-state index contributed by atoms with van der Waals surface area (Å²) in [6, 6.07) is 9.28. The molecular weight excluding hydrogens is 437 g/mol. The molecule has 1 aliphatic heterocycles. The maximum Gasteiger partial charge on any atom is 0.191 e. The van der Waals surface area contributed by atoms with Crippen LogP contribution in [0.3, 0.4) is 0 Å². The van der Waals surface area contributed by atoms with Gasteiger partial charge in [-0.2, -0.15) is 0 Å². The Morgan fingerprint density at radius 3 is 2.46 bits per heavy atom. The largest absolute Gasteiger partial charge is 0.377 e. The van der Waals surface area contributed by atoms with E-state index in [1.54, 1.807) is 0 Å². The minimum absolute atomic E-state index is 0. The molecule has 5 heteroatoms. The summed E-state index contributed by atoms with van der Waals surface area (Å²) in [4.78, 5) is 4.42. The lowest BCUT2D eigenvalue weighted by molar-refractivity contribution is -0.106. The van der Waals surface area contributed by atoms with Gasteiger partial charge in [-0.3, -0.25) is 4.99 Å². The number of ether oxygens (including phenoxy) is 1. The van der Waals surface area contributed by atoms with E-state index in [4.69, 9.17) is 4.74 Å². The van der Waals surface area contributed by atoms with Crippen molar-refractivity contribution >= 4 is 29.9 Å². The van der Waals surface area contributed by atoms with Gasteiger partial charge in [-0.1, -0.05) is 58.9 Å². The third kappa shape index (κ3) is 4.19. The van der Waals surface area contributed by atoms with Crippen molar-refractivity contribution in [2.24, 2.45) is 16.3 Å². The van der Waals surface area contributed by atoms with E-state index >= 15 is 0 Å². The third-order valence-electron chi connectivity index (χ3n) is 5.90. The standard InChI is InChI=1S/C21H33N3O.HI/c1-20(2,3)15-9-7-14(8-10-15)13-23-19(22-6)24-17-16-11-12-25-18(16)21(17,4)5;/h7-10,16-18H,11-13H2,1-6H3,(H2,22,23,24);1H. The Kier molecular flexibility index (Phi) is 6.65. The zero-order valence-corrected chi connectivity index (χ0v) is 19.3. The highest BCUT2D eigenvalue weighted by molar-refractivity contribution is 14.0. The topological polar surface area (TPSA) is 45.7 Å². The van der Waals surface area contributed by atoms with Crippen molar-refractivity contribution in [2.75, 3.05) is 13.7 Å². The second-order valence-corrected chi connectivity index (χ2v) is 9.06. The van der Waals surface area contributed by atoms with Crippen LogP contribution in [0, 0.1) is 11.3 Å².